The fourth-order valence-electron chi connectivity index (χ4n) is 8.06. The van der Waals surface area contributed by atoms with Crippen LogP contribution in [0.3, 0.4) is 0 Å². The van der Waals surface area contributed by atoms with E-state index in [4.69, 9.17) is 9.51 Å². The molecule has 2 aromatic heterocycles. The van der Waals surface area contributed by atoms with E-state index in [-0.39, 0.29) is 16.7 Å². The normalized spacial score (nSPS) is 33.7. The molecule has 7 saturated carbocycles. The third-order valence-electron chi connectivity index (χ3n) is 10.8. The molecule has 4 bridgehead atoms. The average molecular weight is 580 g/mol. The molecule has 9 nitrogen and oxygen atoms in total. The second kappa shape index (κ2) is 8.26. The fourth-order valence-corrected chi connectivity index (χ4v) is 8.58. The Morgan fingerprint density at radius 3 is 2.41 bits per heavy atom. The number of benzene rings is 1. The summed E-state index contributed by atoms with van der Waals surface area (Å²) in [6.45, 7) is 0.589. The van der Waals surface area contributed by atoms with Gasteiger partial charge in [-0.05, 0) is 93.7 Å². The summed E-state index contributed by atoms with van der Waals surface area (Å²) in [6, 6.07) is 7.65. The number of hydrogen-bond donors (Lipinski definition) is 0. The van der Waals surface area contributed by atoms with Crippen molar-refractivity contribution in [1.82, 2.24) is 19.3 Å². The van der Waals surface area contributed by atoms with Crippen LogP contribution in [0.4, 0.5) is 10.1 Å². The Morgan fingerprint density at radius 2 is 1.80 bits per heavy atom. The molecule has 0 saturated heterocycles. The van der Waals surface area contributed by atoms with Gasteiger partial charge in [0.2, 0.25) is 11.8 Å². The van der Waals surface area contributed by atoms with Crippen molar-refractivity contribution in [3.63, 3.8) is 0 Å². The lowest BCUT2D eigenvalue weighted by atomic mass is 9.41. The zero-order valence-electron chi connectivity index (χ0n) is 23.2. The van der Waals surface area contributed by atoms with E-state index in [0.717, 1.165) is 84.7 Å². The van der Waals surface area contributed by atoms with Crippen LogP contribution in [-0.4, -0.2) is 52.1 Å². The van der Waals surface area contributed by atoms with Gasteiger partial charge in [0.25, 0.3) is 10.0 Å². The van der Waals surface area contributed by atoms with E-state index in [0.29, 0.717) is 37.3 Å². The molecule has 0 spiro atoms. The van der Waals surface area contributed by atoms with Gasteiger partial charge in [0, 0.05) is 29.1 Å². The molecule has 1 aromatic carbocycles. The van der Waals surface area contributed by atoms with Crippen LogP contribution in [0.25, 0.3) is 11.1 Å². The molecule has 0 N–H and O–H groups in total. The first-order valence-corrected chi connectivity index (χ1v) is 16.6. The highest BCUT2D eigenvalue weighted by atomic mass is 32.2. The van der Waals surface area contributed by atoms with Crippen LogP contribution < -0.4 is 4.90 Å². The van der Waals surface area contributed by atoms with E-state index in [1.807, 2.05) is 29.2 Å². The maximum Gasteiger partial charge on any atom is 0.250 e. The van der Waals surface area contributed by atoms with Gasteiger partial charge in [-0.1, -0.05) is 17.3 Å². The maximum absolute atomic E-state index is 14.5. The van der Waals surface area contributed by atoms with Crippen molar-refractivity contribution < 1.29 is 22.1 Å². The van der Waals surface area contributed by atoms with Crippen LogP contribution in [0.5, 0.6) is 0 Å². The Balaban J connectivity index is 1.08. The zero-order valence-corrected chi connectivity index (χ0v) is 24.0. The molecule has 0 radical (unpaired) electrons. The molecule has 0 atom stereocenters. The highest BCUT2D eigenvalue weighted by Crippen LogP contribution is 2.70. The van der Waals surface area contributed by atoms with Gasteiger partial charge in [0.1, 0.15) is 5.67 Å². The number of carbonyl (C=O) groups excluding carboxylic acids is 1. The zero-order chi connectivity index (χ0) is 28.3. The first-order chi connectivity index (χ1) is 19.5. The summed E-state index contributed by atoms with van der Waals surface area (Å²) in [5.74, 6) is 2.14. The van der Waals surface area contributed by atoms with Gasteiger partial charge in [0.05, 0.1) is 24.1 Å². The second-order valence-corrected chi connectivity index (χ2v) is 15.6. The number of rotatable bonds is 8. The Labute approximate surface area is 238 Å². The van der Waals surface area contributed by atoms with Crippen molar-refractivity contribution >= 4 is 21.6 Å². The van der Waals surface area contributed by atoms with Crippen LogP contribution in [0.1, 0.15) is 88.3 Å². The molecule has 1 amide bonds. The van der Waals surface area contributed by atoms with Gasteiger partial charge in [-0.25, -0.2) is 12.8 Å². The second-order valence-electron chi connectivity index (χ2n) is 13.8. The summed E-state index contributed by atoms with van der Waals surface area (Å²) in [4.78, 5) is 20.9. The minimum absolute atomic E-state index is 0.0174. The molecular weight excluding hydrogens is 545 g/mol. The Morgan fingerprint density at radius 1 is 1.10 bits per heavy atom. The van der Waals surface area contributed by atoms with Crippen molar-refractivity contribution in [2.75, 3.05) is 17.7 Å². The van der Waals surface area contributed by atoms with E-state index in [1.54, 1.807) is 0 Å². The lowest BCUT2D eigenvalue weighted by molar-refractivity contribution is -0.211. The van der Waals surface area contributed by atoms with Crippen LogP contribution in [0, 0.1) is 10.8 Å². The predicted molar refractivity (Wildman–Crippen MR) is 148 cm³/mol. The third-order valence-corrected chi connectivity index (χ3v) is 11.7. The Hall–Kier alpha value is -3.08. The molecule has 0 aliphatic heterocycles. The molecule has 3 aromatic rings. The number of alkyl halides is 1. The van der Waals surface area contributed by atoms with Crippen molar-refractivity contribution in [2.45, 2.75) is 87.6 Å². The summed E-state index contributed by atoms with van der Waals surface area (Å²) < 4.78 is 45.2. The van der Waals surface area contributed by atoms with E-state index in [9.17, 15) is 17.6 Å². The summed E-state index contributed by atoms with van der Waals surface area (Å²) >= 11 is 0. The van der Waals surface area contributed by atoms with Gasteiger partial charge in [-0.2, -0.15) is 14.2 Å². The van der Waals surface area contributed by atoms with Gasteiger partial charge >= 0.3 is 0 Å². The highest BCUT2D eigenvalue weighted by Gasteiger charge is 2.73. The quantitative estimate of drug-likeness (QED) is 0.364. The molecule has 10 rings (SSSR count). The fraction of sp³-hybridized carbons (Fsp3) is 0.600. The first kappa shape index (κ1) is 25.6. The molecule has 0 unspecified atom stereocenters. The van der Waals surface area contributed by atoms with Crippen molar-refractivity contribution in [2.24, 2.45) is 10.8 Å². The molecule has 11 heteroatoms. The van der Waals surface area contributed by atoms with Gasteiger partial charge < -0.3 is 9.42 Å². The minimum atomic E-state index is -3.51. The number of halogens is 1. The third kappa shape index (κ3) is 4.01. The predicted octanol–water partition coefficient (Wildman–Crippen LogP) is 5.14. The summed E-state index contributed by atoms with van der Waals surface area (Å²) in [5, 5.41) is 8.29. The molecule has 7 aliphatic rings. The number of aromatic nitrogens is 4. The van der Waals surface area contributed by atoms with E-state index < -0.39 is 21.1 Å². The van der Waals surface area contributed by atoms with Crippen LogP contribution >= 0.6 is 0 Å². The summed E-state index contributed by atoms with van der Waals surface area (Å²) in [6.07, 6.45) is 13.1. The van der Waals surface area contributed by atoms with Crippen LogP contribution in [0.15, 0.2) is 41.2 Å². The van der Waals surface area contributed by atoms with E-state index in [1.165, 1.54) is 12.4 Å². The molecular formula is C30H34FN5O4S. The maximum atomic E-state index is 14.5. The van der Waals surface area contributed by atoms with Crippen molar-refractivity contribution in [3.05, 3.63) is 48.4 Å². The van der Waals surface area contributed by atoms with Gasteiger partial charge in [0.15, 0.2) is 5.82 Å². The van der Waals surface area contributed by atoms with Crippen LogP contribution in [0.2, 0.25) is 0 Å². The summed E-state index contributed by atoms with van der Waals surface area (Å²) in [5.41, 5.74) is 0.345. The highest BCUT2D eigenvalue weighted by molar-refractivity contribution is 7.89. The molecule has 216 valence electrons. The average Bonchev–Trinajstić information content (AvgIpc) is 3.43. The Bertz CT molecular complexity index is 1630. The van der Waals surface area contributed by atoms with Gasteiger partial charge in [-0.15, -0.1) is 0 Å². The SMILES string of the molecule is CS(=O)(=O)n1cc(-c2cccc(N(CC34CCC(c5nc(C6CC6)no5)(CC3)CC4)C(=O)C34CC(F)(C3)C4)c2)cn1. The lowest BCUT2D eigenvalue weighted by Crippen LogP contribution is -2.71. The summed E-state index contributed by atoms with van der Waals surface area (Å²) in [7, 11) is -3.51. The molecule has 7 aliphatic carbocycles. The number of amides is 1. The Kier molecular flexibility index (Phi) is 5.16. The smallest absolute Gasteiger partial charge is 0.250 e. The minimum Gasteiger partial charge on any atom is -0.339 e. The first-order valence-electron chi connectivity index (χ1n) is 14.7. The van der Waals surface area contributed by atoms with Crippen LogP contribution in [-0.2, 0) is 20.2 Å². The number of anilines is 1. The number of fused-ring (bicyclic) bond motifs is 3. The van der Waals surface area contributed by atoms with Gasteiger partial charge in [-0.3, -0.25) is 4.79 Å². The van der Waals surface area contributed by atoms with E-state index >= 15 is 0 Å². The lowest BCUT2D eigenvalue weighted by Gasteiger charge is -2.65. The molecule has 41 heavy (non-hydrogen) atoms. The number of nitrogens with zero attached hydrogens (tertiary/aromatic N) is 5. The molecule has 7 fully saturated rings. The van der Waals surface area contributed by atoms with E-state index in [2.05, 4.69) is 10.3 Å². The largest absolute Gasteiger partial charge is 0.339 e. The topological polar surface area (TPSA) is 111 Å². The monoisotopic (exact) mass is 579 g/mol. The number of hydrogen-bond acceptors (Lipinski definition) is 7. The van der Waals surface area contributed by atoms with Crippen molar-refractivity contribution in [3.8, 4) is 11.1 Å². The molecule has 2 heterocycles. The van der Waals surface area contributed by atoms with Crippen molar-refractivity contribution in [1.29, 1.82) is 0 Å². The standard InChI is InChI=1S/C30H34FN5O4S/c1-41(38,39)36-15-22(14-32-36)21-3-2-4-23(13-21)35(26(37)29-16-30(31,17-29)18-29)19-27-7-10-28(11-8-27,12-9-27)25-33-24(34-40-25)20-5-6-20/h2-4,13-15,20H,5-12,16-19H2,1H3. The number of carbonyl (C=O) groups is 1.